The average molecular weight is 571 g/mol. The Kier molecular flexibility index (Phi) is 8.03. The molecule has 9 nitrogen and oxygen atoms in total. The number of aliphatic hydroxyl groups excluding tert-OH is 1. The molecule has 2 amide bonds. The smallest absolute Gasteiger partial charge is 0.300 e. The normalized spacial score (nSPS) is 16.3. The highest BCUT2D eigenvalue weighted by molar-refractivity contribution is 6.52. The molecular formula is C28H24Cl2N2O7. The molecular weight excluding hydrogens is 547 g/mol. The molecule has 0 aliphatic carbocycles. The third kappa shape index (κ3) is 4.98. The Bertz CT molecular complexity index is 1520. The lowest BCUT2D eigenvalue weighted by atomic mass is 9.94. The number of ether oxygens (including phenoxy) is 3. The molecule has 1 atom stereocenters. The van der Waals surface area contributed by atoms with E-state index < -0.39 is 23.5 Å². The van der Waals surface area contributed by atoms with Crippen LogP contribution >= 0.6 is 23.2 Å². The van der Waals surface area contributed by atoms with Crippen molar-refractivity contribution in [2.24, 2.45) is 0 Å². The van der Waals surface area contributed by atoms with Crippen molar-refractivity contribution >= 4 is 57.9 Å². The van der Waals surface area contributed by atoms with E-state index in [-0.39, 0.29) is 38.6 Å². The zero-order chi connectivity index (χ0) is 28.4. The van der Waals surface area contributed by atoms with Crippen LogP contribution in [-0.4, -0.2) is 44.0 Å². The molecule has 202 valence electrons. The van der Waals surface area contributed by atoms with Crippen LogP contribution in [0.3, 0.4) is 0 Å². The van der Waals surface area contributed by atoms with Crippen LogP contribution in [0.1, 0.15) is 24.1 Å². The predicted octanol–water partition coefficient (Wildman–Crippen LogP) is 5.60. The minimum absolute atomic E-state index is 0.00644. The van der Waals surface area contributed by atoms with Crippen molar-refractivity contribution in [3.05, 3.63) is 81.3 Å². The maximum absolute atomic E-state index is 13.6. The largest absolute Gasteiger partial charge is 0.507 e. The number of anilines is 2. The van der Waals surface area contributed by atoms with Crippen molar-refractivity contribution in [1.82, 2.24) is 0 Å². The summed E-state index contributed by atoms with van der Waals surface area (Å²) >= 11 is 12.8. The highest BCUT2D eigenvalue weighted by Crippen LogP contribution is 2.49. The van der Waals surface area contributed by atoms with Gasteiger partial charge in [-0.05, 0) is 30.3 Å². The van der Waals surface area contributed by atoms with Gasteiger partial charge in [-0.3, -0.25) is 19.3 Å². The Morgan fingerprint density at radius 2 is 1.64 bits per heavy atom. The second-order valence-corrected chi connectivity index (χ2v) is 9.21. The van der Waals surface area contributed by atoms with Crippen molar-refractivity contribution in [1.29, 1.82) is 0 Å². The summed E-state index contributed by atoms with van der Waals surface area (Å²) in [6.45, 7) is 1.35. The monoisotopic (exact) mass is 570 g/mol. The predicted molar refractivity (Wildman–Crippen MR) is 148 cm³/mol. The minimum Gasteiger partial charge on any atom is -0.507 e. The molecule has 1 heterocycles. The molecule has 1 aliphatic heterocycles. The minimum atomic E-state index is -1.13. The van der Waals surface area contributed by atoms with Gasteiger partial charge in [-0.15, -0.1) is 0 Å². The first-order chi connectivity index (χ1) is 18.6. The standard InChI is InChI=1S/C28H24Cl2N2O7/c1-14(33)31-15-8-7-9-16(12-15)32-23(17-10-5-6-11-20(17)37-2)21(25(35)28(32)36)24(34)18-13-19(29)27(39-4)22(30)26(18)38-3/h5-13,23,34H,1-4H3,(H,31,33)/b24-21+. The first-order valence-corrected chi connectivity index (χ1v) is 12.3. The number of rotatable bonds is 7. The van der Waals surface area contributed by atoms with E-state index in [0.29, 0.717) is 22.7 Å². The van der Waals surface area contributed by atoms with Crippen LogP contribution < -0.4 is 24.4 Å². The van der Waals surface area contributed by atoms with Crippen LogP contribution in [-0.2, 0) is 14.4 Å². The van der Waals surface area contributed by atoms with Crippen molar-refractivity contribution in [3.8, 4) is 17.2 Å². The number of hydrogen-bond donors (Lipinski definition) is 2. The molecule has 3 aromatic rings. The summed E-state index contributed by atoms with van der Waals surface area (Å²) in [5, 5.41) is 14.3. The molecule has 0 aromatic heterocycles. The number of para-hydroxylation sites is 1. The van der Waals surface area contributed by atoms with Gasteiger partial charge in [0.25, 0.3) is 11.7 Å². The molecule has 0 saturated carbocycles. The van der Waals surface area contributed by atoms with Gasteiger partial charge in [0, 0.05) is 23.9 Å². The number of amides is 2. The maximum Gasteiger partial charge on any atom is 0.300 e. The molecule has 39 heavy (non-hydrogen) atoms. The van der Waals surface area contributed by atoms with Gasteiger partial charge in [-0.25, -0.2) is 0 Å². The quantitative estimate of drug-likeness (QED) is 0.216. The Hall–Kier alpha value is -4.21. The fourth-order valence-electron chi connectivity index (χ4n) is 4.51. The molecule has 3 aromatic carbocycles. The van der Waals surface area contributed by atoms with Gasteiger partial charge < -0.3 is 24.6 Å². The molecule has 1 aliphatic rings. The third-order valence-corrected chi connectivity index (χ3v) is 6.74. The molecule has 1 unspecified atom stereocenters. The van der Waals surface area contributed by atoms with Crippen molar-refractivity contribution in [2.75, 3.05) is 31.5 Å². The number of Topliss-reactive ketones (excluding diaryl/α,β-unsaturated/α-hetero) is 1. The summed E-state index contributed by atoms with van der Waals surface area (Å²) in [5.74, 6) is -2.26. The van der Waals surface area contributed by atoms with Crippen LogP contribution in [0.25, 0.3) is 5.76 Å². The van der Waals surface area contributed by atoms with Gasteiger partial charge in [0.15, 0.2) is 11.5 Å². The lowest BCUT2D eigenvalue weighted by Gasteiger charge is -2.27. The lowest BCUT2D eigenvalue weighted by Crippen LogP contribution is -2.29. The fraction of sp³-hybridized carbons (Fsp3) is 0.179. The molecule has 0 spiro atoms. The Balaban J connectivity index is 2.03. The number of carbonyl (C=O) groups excluding carboxylic acids is 3. The van der Waals surface area contributed by atoms with Crippen LogP contribution in [0.5, 0.6) is 17.2 Å². The molecule has 0 bridgehead atoms. The van der Waals surface area contributed by atoms with Crippen molar-refractivity contribution < 1.29 is 33.7 Å². The van der Waals surface area contributed by atoms with Crippen LogP contribution in [0.2, 0.25) is 10.0 Å². The third-order valence-electron chi connectivity index (χ3n) is 6.12. The Morgan fingerprint density at radius 1 is 0.949 bits per heavy atom. The van der Waals surface area contributed by atoms with Gasteiger partial charge >= 0.3 is 0 Å². The van der Waals surface area contributed by atoms with E-state index in [2.05, 4.69) is 5.32 Å². The number of nitrogens with zero attached hydrogens (tertiary/aromatic N) is 1. The molecule has 1 saturated heterocycles. The summed E-state index contributed by atoms with van der Waals surface area (Å²) in [6, 6.07) is 13.5. The first-order valence-electron chi connectivity index (χ1n) is 11.6. The molecule has 1 fully saturated rings. The van der Waals surface area contributed by atoms with Crippen molar-refractivity contribution in [3.63, 3.8) is 0 Å². The van der Waals surface area contributed by atoms with E-state index in [0.717, 1.165) is 0 Å². The van der Waals surface area contributed by atoms with E-state index in [1.165, 1.54) is 39.2 Å². The second-order valence-electron chi connectivity index (χ2n) is 8.43. The highest BCUT2D eigenvalue weighted by atomic mass is 35.5. The highest BCUT2D eigenvalue weighted by Gasteiger charge is 2.48. The lowest BCUT2D eigenvalue weighted by molar-refractivity contribution is -0.132. The van der Waals surface area contributed by atoms with E-state index in [9.17, 15) is 19.5 Å². The molecule has 2 N–H and O–H groups in total. The SMILES string of the molecule is COc1ccccc1C1/C(=C(\O)c2cc(Cl)c(OC)c(Cl)c2OC)C(=O)C(=O)N1c1cccc(NC(C)=O)c1. The molecule has 4 rings (SSSR count). The summed E-state index contributed by atoms with van der Waals surface area (Å²) in [6.07, 6.45) is 0. The van der Waals surface area contributed by atoms with Crippen LogP contribution in [0.15, 0.2) is 60.2 Å². The van der Waals surface area contributed by atoms with E-state index in [1.807, 2.05) is 0 Å². The number of halogens is 2. The van der Waals surface area contributed by atoms with Crippen LogP contribution in [0, 0.1) is 0 Å². The Labute approximate surface area is 234 Å². The van der Waals surface area contributed by atoms with Crippen molar-refractivity contribution in [2.45, 2.75) is 13.0 Å². The summed E-state index contributed by atoms with van der Waals surface area (Å²) < 4.78 is 16.2. The summed E-state index contributed by atoms with van der Waals surface area (Å²) in [7, 11) is 4.15. The van der Waals surface area contributed by atoms with Gasteiger partial charge in [-0.2, -0.15) is 0 Å². The number of nitrogens with one attached hydrogen (secondary N) is 1. The van der Waals surface area contributed by atoms with Gasteiger partial charge in [0.2, 0.25) is 5.91 Å². The fourth-order valence-corrected chi connectivity index (χ4v) is 5.20. The molecule has 11 heteroatoms. The van der Waals surface area contributed by atoms with Gasteiger partial charge in [-0.1, -0.05) is 47.5 Å². The number of ketones is 1. The van der Waals surface area contributed by atoms with Gasteiger partial charge in [0.1, 0.15) is 16.5 Å². The average Bonchev–Trinajstić information content (AvgIpc) is 3.17. The van der Waals surface area contributed by atoms with Crippen LogP contribution in [0.4, 0.5) is 11.4 Å². The summed E-state index contributed by atoms with van der Waals surface area (Å²) in [5.41, 5.74) is 0.880. The van der Waals surface area contributed by atoms with E-state index in [1.54, 1.807) is 48.5 Å². The number of carbonyl (C=O) groups is 3. The first kappa shape index (κ1) is 27.8. The number of aliphatic hydroxyl groups is 1. The number of hydrogen-bond acceptors (Lipinski definition) is 7. The molecule has 0 radical (unpaired) electrons. The topological polar surface area (TPSA) is 114 Å². The second kappa shape index (κ2) is 11.3. The zero-order valence-electron chi connectivity index (χ0n) is 21.4. The number of methoxy groups -OCH3 is 3. The summed E-state index contributed by atoms with van der Waals surface area (Å²) in [4.78, 5) is 40.0. The zero-order valence-corrected chi connectivity index (χ0v) is 22.9. The maximum atomic E-state index is 13.6. The van der Waals surface area contributed by atoms with Gasteiger partial charge in [0.05, 0.1) is 43.5 Å². The van der Waals surface area contributed by atoms with E-state index in [4.69, 9.17) is 37.4 Å². The Morgan fingerprint density at radius 3 is 2.28 bits per heavy atom. The number of benzene rings is 3. The van der Waals surface area contributed by atoms with E-state index >= 15 is 0 Å².